The Morgan fingerprint density at radius 2 is 2.10 bits per heavy atom. The summed E-state index contributed by atoms with van der Waals surface area (Å²) in [7, 11) is 0. The van der Waals surface area contributed by atoms with Gasteiger partial charge in [0.25, 0.3) is 5.69 Å². The quantitative estimate of drug-likeness (QED) is 0.620. The number of rotatable bonds is 6. The fraction of sp³-hybridized carbons (Fsp3) is 0.200. The van der Waals surface area contributed by atoms with Crippen molar-refractivity contribution in [1.82, 2.24) is 0 Å². The Balaban J connectivity index is 2.06. The van der Waals surface area contributed by atoms with E-state index in [-0.39, 0.29) is 5.69 Å². The number of hydrogen-bond donors (Lipinski definition) is 1. The van der Waals surface area contributed by atoms with Gasteiger partial charge in [0.1, 0.15) is 5.75 Å². The molecule has 0 aliphatic rings. The number of nitro groups is 1. The zero-order valence-corrected chi connectivity index (χ0v) is 13.1. The van der Waals surface area contributed by atoms with Gasteiger partial charge in [-0.1, -0.05) is 22.0 Å². The fourth-order valence-corrected chi connectivity index (χ4v) is 2.36. The molecule has 0 bridgehead atoms. The maximum atomic E-state index is 10.7. The number of anilines is 1. The van der Waals surface area contributed by atoms with Crippen molar-refractivity contribution in [1.29, 1.82) is 0 Å². The number of hydrogen-bond acceptors (Lipinski definition) is 4. The molecule has 0 radical (unpaired) electrons. The Kier molecular flexibility index (Phi) is 5.16. The Morgan fingerprint density at radius 3 is 2.76 bits per heavy atom. The van der Waals surface area contributed by atoms with Crippen LogP contribution in [0.1, 0.15) is 12.5 Å². The van der Waals surface area contributed by atoms with Crippen molar-refractivity contribution in [3.8, 4) is 5.75 Å². The average Bonchev–Trinajstić information content (AvgIpc) is 2.46. The minimum absolute atomic E-state index is 0.0731. The van der Waals surface area contributed by atoms with Crippen molar-refractivity contribution in [3.05, 3.63) is 62.6 Å². The average molecular weight is 351 g/mol. The van der Waals surface area contributed by atoms with Gasteiger partial charge in [-0.05, 0) is 30.7 Å². The Morgan fingerprint density at radius 1 is 1.29 bits per heavy atom. The molecular weight excluding hydrogens is 336 g/mol. The number of nitrogens with one attached hydrogen (secondary N) is 1. The summed E-state index contributed by atoms with van der Waals surface area (Å²) < 4.78 is 6.15. The van der Waals surface area contributed by atoms with E-state index in [1.165, 1.54) is 12.1 Å². The van der Waals surface area contributed by atoms with Gasteiger partial charge >= 0.3 is 0 Å². The first-order valence-electron chi connectivity index (χ1n) is 6.49. The molecule has 0 spiro atoms. The van der Waals surface area contributed by atoms with E-state index >= 15 is 0 Å². The molecule has 5 nitrogen and oxygen atoms in total. The van der Waals surface area contributed by atoms with E-state index in [0.29, 0.717) is 17.6 Å². The smallest absolute Gasteiger partial charge is 0.270 e. The molecule has 21 heavy (non-hydrogen) atoms. The van der Waals surface area contributed by atoms with Crippen LogP contribution in [0, 0.1) is 10.1 Å². The molecule has 0 aromatic heterocycles. The van der Waals surface area contributed by atoms with Gasteiger partial charge < -0.3 is 10.1 Å². The first-order chi connectivity index (χ1) is 10.1. The zero-order chi connectivity index (χ0) is 15.2. The van der Waals surface area contributed by atoms with Crippen molar-refractivity contribution in [2.24, 2.45) is 0 Å². The van der Waals surface area contributed by atoms with Gasteiger partial charge in [0.2, 0.25) is 0 Å². The third kappa shape index (κ3) is 4.19. The lowest BCUT2D eigenvalue weighted by Crippen LogP contribution is -2.01. The van der Waals surface area contributed by atoms with Crippen LogP contribution in [0.15, 0.2) is 46.9 Å². The highest BCUT2D eigenvalue weighted by Gasteiger charge is 2.08. The SMILES string of the molecule is CCOc1cccc(NCc2ccc([N+](=O)[O-])cc2Br)c1. The highest BCUT2D eigenvalue weighted by atomic mass is 79.9. The number of benzene rings is 2. The molecule has 0 aliphatic carbocycles. The topological polar surface area (TPSA) is 64.4 Å². The molecule has 110 valence electrons. The predicted octanol–water partition coefficient (Wildman–Crippen LogP) is 4.37. The van der Waals surface area contributed by atoms with Crippen molar-refractivity contribution in [2.75, 3.05) is 11.9 Å². The van der Waals surface area contributed by atoms with Crippen molar-refractivity contribution >= 4 is 27.3 Å². The largest absolute Gasteiger partial charge is 0.494 e. The van der Waals surface area contributed by atoms with E-state index in [9.17, 15) is 10.1 Å². The standard InChI is InChI=1S/C15H15BrN2O3/c1-2-21-14-5-3-4-12(8-14)17-10-11-6-7-13(18(19)20)9-15(11)16/h3-9,17H,2,10H2,1H3. The lowest BCUT2D eigenvalue weighted by Gasteiger charge is -2.10. The molecule has 0 fully saturated rings. The van der Waals surface area contributed by atoms with Gasteiger partial charge in [-0.15, -0.1) is 0 Å². The summed E-state index contributed by atoms with van der Waals surface area (Å²) in [4.78, 5) is 10.3. The van der Waals surface area contributed by atoms with Crippen LogP contribution < -0.4 is 10.1 Å². The third-order valence-corrected chi connectivity index (χ3v) is 3.61. The molecule has 2 aromatic rings. The monoisotopic (exact) mass is 350 g/mol. The summed E-state index contributed by atoms with van der Waals surface area (Å²) in [5.74, 6) is 0.810. The van der Waals surface area contributed by atoms with Gasteiger partial charge in [-0.3, -0.25) is 10.1 Å². The fourth-order valence-electron chi connectivity index (χ4n) is 1.85. The highest BCUT2D eigenvalue weighted by Crippen LogP contribution is 2.24. The molecule has 0 heterocycles. The van der Waals surface area contributed by atoms with Crippen molar-refractivity contribution in [3.63, 3.8) is 0 Å². The molecule has 6 heteroatoms. The van der Waals surface area contributed by atoms with Crippen LogP contribution in [0.5, 0.6) is 5.75 Å². The number of non-ortho nitro benzene ring substituents is 1. The molecule has 0 unspecified atom stereocenters. The van der Waals surface area contributed by atoms with Crippen LogP contribution in [0.3, 0.4) is 0 Å². The first kappa shape index (κ1) is 15.3. The Bertz CT molecular complexity index is 647. The summed E-state index contributed by atoms with van der Waals surface area (Å²) in [6, 6.07) is 12.4. The number of nitro benzene ring substituents is 1. The van der Waals surface area contributed by atoms with E-state index in [1.54, 1.807) is 6.07 Å². The van der Waals surface area contributed by atoms with E-state index in [2.05, 4.69) is 21.2 Å². The van der Waals surface area contributed by atoms with Crippen LogP contribution in [0.2, 0.25) is 0 Å². The molecule has 0 saturated carbocycles. The van der Waals surface area contributed by atoms with E-state index in [4.69, 9.17) is 4.74 Å². The van der Waals surface area contributed by atoms with Gasteiger partial charge in [-0.2, -0.15) is 0 Å². The second-order valence-electron chi connectivity index (χ2n) is 4.35. The molecule has 0 amide bonds. The van der Waals surface area contributed by atoms with Crippen LogP contribution in [0.4, 0.5) is 11.4 Å². The second kappa shape index (κ2) is 7.08. The van der Waals surface area contributed by atoms with Crippen molar-refractivity contribution in [2.45, 2.75) is 13.5 Å². The van der Waals surface area contributed by atoms with Crippen LogP contribution in [-0.4, -0.2) is 11.5 Å². The zero-order valence-electron chi connectivity index (χ0n) is 11.5. The molecule has 0 atom stereocenters. The minimum atomic E-state index is -0.409. The Labute approximate surface area is 131 Å². The molecule has 2 rings (SSSR count). The highest BCUT2D eigenvalue weighted by molar-refractivity contribution is 9.10. The molecular formula is C15H15BrN2O3. The van der Waals surface area contributed by atoms with Gasteiger partial charge in [0.15, 0.2) is 0 Å². The lowest BCUT2D eigenvalue weighted by molar-refractivity contribution is -0.384. The van der Waals surface area contributed by atoms with Crippen LogP contribution in [0.25, 0.3) is 0 Å². The number of halogens is 1. The maximum absolute atomic E-state index is 10.7. The summed E-state index contributed by atoms with van der Waals surface area (Å²) in [6.45, 7) is 3.12. The first-order valence-corrected chi connectivity index (χ1v) is 7.29. The summed E-state index contributed by atoms with van der Waals surface area (Å²) in [5, 5.41) is 14.0. The number of nitrogens with zero attached hydrogens (tertiary/aromatic N) is 1. The van der Waals surface area contributed by atoms with Gasteiger partial charge in [0.05, 0.1) is 11.5 Å². The summed E-state index contributed by atoms with van der Waals surface area (Å²) >= 11 is 3.36. The van der Waals surface area contributed by atoms with Gasteiger partial charge in [0, 0.05) is 34.9 Å². The summed E-state index contributed by atoms with van der Waals surface area (Å²) in [5.41, 5.74) is 1.96. The normalized spacial score (nSPS) is 10.2. The van der Waals surface area contributed by atoms with Gasteiger partial charge in [-0.25, -0.2) is 0 Å². The van der Waals surface area contributed by atoms with Crippen LogP contribution >= 0.6 is 15.9 Å². The second-order valence-corrected chi connectivity index (χ2v) is 5.20. The summed E-state index contributed by atoms with van der Waals surface area (Å²) in [6.07, 6.45) is 0. The molecule has 0 aliphatic heterocycles. The molecule has 0 saturated heterocycles. The van der Waals surface area contributed by atoms with E-state index in [0.717, 1.165) is 17.0 Å². The van der Waals surface area contributed by atoms with E-state index in [1.807, 2.05) is 31.2 Å². The maximum Gasteiger partial charge on any atom is 0.270 e. The van der Waals surface area contributed by atoms with Crippen molar-refractivity contribution < 1.29 is 9.66 Å². The minimum Gasteiger partial charge on any atom is -0.494 e. The van der Waals surface area contributed by atoms with Crippen LogP contribution in [-0.2, 0) is 6.54 Å². The lowest BCUT2D eigenvalue weighted by atomic mass is 10.2. The predicted molar refractivity (Wildman–Crippen MR) is 85.7 cm³/mol. The Hall–Kier alpha value is -2.08. The van der Waals surface area contributed by atoms with E-state index < -0.39 is 4.92 Å². The molecule has 1 N–H and O–H groups in total. The molecule has 2 aromatic carbocycles. The number of ether oxygens (including phenoxy) is 1. The third-order valence-electron chi connectivity index (χ3n) is 2.88.